The normalized spacial score (nSPS) is 31.9. The Morgan fingerprint density at radius 1 is 1.37 bits per heavy atom. The van der Waals surface area contributed by atoms with Crippen LogP contribution in [0.3, 0.4) is 0 Å². The van der Waals surface area contributed by atoms with Gasteiger partial charge in [-0.15, -0.1) is 0 Å². The van der Waals surface area contributed by atoms with Gasteiger partial charge < -0.3 is 9.80 Å². The van der Waals surface area contributed by atoms with E-state index in [2.05, 4.69) is 56.7 Å². The molecule has 110 valence electrons. The van der Waals surface area contributed by atoms with Gasteiger partial charge in [-0.05, 0) is 46.2 Å². The van der Waals surface area contributed by atoms with Crippen LogP contribution >= 0.6 is 0 Å². The van der Waals surface area contributed by atoms with Crippen LogP contribution < -0.4 is 0 Å². The summed E-state index contributed by atoms with van der Waals surface area (Å²) >= 11 is 0. The van der Waals surface area contributed by atoms with Gasteiger partial charge in [0, 0.05) is 25.0 Å². The Morgan fingerprint density at radius 2 is 2.05 bits per heavy atom. The molecule has 1 aliphatic heterocycles. The van der Waals surface area contributed by atoms with Gasteiger partial charge in [0.05, 0.1) is 5.84 Å². The third kappa shape index (κ3) is 4.34. The first kappa shape index (κ1) is 16.2. The summed E-state index contributed by atoms with van der Waals surface area (Å²) in [6.07, 6.45) is 7.78. The molecule has 1 saturated heterocycles. The van der Waals surface area contributed by atoms with E-state index in [4.69, 9.17) is 5.41 Å². The number of nitrogens with zero attached hydrogens (tertiary/aromatic N) is 2. The molecule has 0 radical (unpaired) electrons. The first-order chi connectivity index (χ1) is 9.01. The van der Waals surface area contributed by atoms with Gasteiger partial charge in [-0.25, -0.2) is 0 Å². The maximum atomic E-state index is 8.40. The van der Waals surface area contributed by atoms with Crippen LogP contribution in [-0.4, -0.2) is 47.9 Å². The number of amidine groups is 1. The van der Waals surface area contributed by atoms with Crippen molar-refractivity contribution in [2.75, 3.05) is 20.1 Å². The molecule has 0 spiro atoms. The smallest absolute Gasteiger partial charge is 0.0989 e. The van der Waals surface area contributed by atoms with Crippen LogP contribution in [0, 0.1) is 11.3 Å². The Kier molecular flexibility index (Phi) is 6.56. The third-order valence-electron chi connectivity index (χ3n) is 4.43. The quantitative estimate of drug-likeness (QED) is 0.776. The molecule has 19 heavy (non-hydrogen) atoms. The Labute approximate surface area is 119 Å². The van der Waals surface area contributed by atoms with Crippen molar-refractivity contribution in [3.63, 3.8) is 0 Å². The van der Waals surface area contributed by atoms with E-state index in [9.17, 15) is 0 Å². The topological polar surface area (TPSA) is 30.3 Å². The van der Waals surface area contributed by atoms with Gasteiger partial charge in [0.1, 0.15) is 0 Å². The Hall–Kier alpha value is -0.830. The summed E-state index contributed by atoms with van der Waals surface area (Å²) in [5.41, 5.74) is 0. The fraction of sp³-hybridized carbons (Fsp3) is 0.812. The lowest BCUT2D eigenvalue weighted by molar-refractivity contribution is 0.184. The Morgan fingerprint density at radius 3 is 2.63 bits per heavy atom. The number of allylic oxidation sites excluding steroid dienone is 1. The lowest BCUT2D eigenvalue weighted by Crippen LogP contribution is -2.44. The highest BCUT2D eigenvalue weighted by molar-refractivity contribution is 5.81. The molecular weight excluding hydrogens is 234 g/mol. The monoisotopic (exact) mass is 265 g/mol. The SMILES string of the molecule is CC=CC1CCCN(CC)C(C)CC(C)C(=N)N1C. The van der Waals surface area contributed by atoms with E-state index in [0.29, 0.717) is 18.0 Å². The minimum atomic E-state index is 0.333. The molecule has 0 aliphatic carbocycles. The van der Waals surface area contributed by atoms with Gasteiger partial charge in [0.25, 0.3) is 0 Å². The molecule has 3 atom stereocenters. The fourth-order valence-electron chi connectivity index (χ4n) is 3.13. The highest BCUT2D eigenvalue weighted by atomic mass is 15.2. The summed E-state index contributed by atoms with van der Waals surface area (Å²) in [5, 5.41) is 8.40. The molecule has 1 N–H and O–H groups in total. The fourth-order valence-corrected chi connectivity index (χ4v) is 3.13. The molecule has 3 heteroatoms. The molecule has 1 aliphatic rings. The summed E-state index contributed by atoms with van der Waals surface area (Å²) in [7, 11) is 2.08. The largest absolute Gasteiger partial charge is 0.357 e. The van der Waals surface area contributed by atoms with E-state index in [1.807, 2.05) is 0 Å². The molecule has 1 heterocycles. The zero-order valence-electron chi connectivity index (χ0n) is 13.3. The first-order valence-electron chi connectivity index (χ1n) is 7.69. The average molecular weight is 265 g/mol. The molecule has 3 nitrogen and oxygen atoms in total. The van der Waals surface area contributed by atoms with Crippen LogP contribution in [-0.2, 0) is 0 Å². The lowest BCUT2D eigenvalue weighted by atomic mass is 9.96. The van der Waals surface area contributed by atoms with Crippen molar-refractivity contribution in [3.05, 3.63) is 12.2 Å². The van der Waals surface area contributed by atoms with Gasteiger partial charge in [-0.3, -0.25) is 5.41 Å². The van der Waals surface area contributed by atoms with Gasteiger partial charge in [-0.1, -0.05) is 26.0 Å². The van der Waals surface area contributed by atoms with Gasteiger partial charge >= 0.3 is 0 Å². The highest BCUT2D eigenvalue weighted by Crippen LogP contribution is 2.20. The summed E-state index contributed by atoms with van der Waals surface area (Å²) in [6.45, 7) is 11.1. The van der Waals surface area contributed by atoms with E-state index >= 15 is 0 Å². The summed E-state index contributed by atoms with van der Waals surface area (Å²) in [5.74, 6) is 1.12. The van der Waals surface area contributed by atoms with Crippen molar-refractivity contribution in [1.29, 1.82) is 5.41 Å². The number of nitrogens with one attached hydrogen (secondary N) is 1. The maximum Gasteiger partial charge on any atom is 0.0989 e. The average Bonchev–Trinajstić information content (AvgIpc) is 2.39. The summed E-state index contributed by atoms with van der Waals surface area (Å²) < 4.78 is 0. The second kappa shape index (κ2) is 7.68. The Balaban J connectivity index is 2.85. The van der Waals surface area contributed by atoms with E-state index in [1.54, 1.807) is 0 Å². The zero-order valence-corrected chi connectivity index (χ0v) is 13.3. The van der Waals surface area contributed by atoms with Gasteiger partial charge in [0.15, 0.2) is 0 Å². The van der Waals surface area contributed by atoms with Crippen molar-refractivity contribution in [2.24, 2.45) is 5.92 Å². The number of likely N-dealkylation sites (N-methyl/N-ethyl adjacent to an activating group) is 1. The standard InChI is InChI=1S/C16H31N3/c1-6-9-15-10-8-11-19(7-2)14(4)12-13(3)16(17)18(15)5/h6,9,13-15,17H,7-8,10-12H2,1-5H3. The minimum absolute atomic E-state index is 0.333. The first-order valence-corrected chi connectivity index (χ1v) is 7.69. The van der Waals surface area contributed by atoms with Gasteiger partial charge in [-0.2, -0.15) is 0 Å². The van der Waals surface area contributed by atoms with Crippen LogP contribution in [0.1, 0.15) is 47.0 Å². The predicted octanol–water partition coefficient (Wildman–Crippen LogP) is 3.37. The molecule has 1 fully saturated rings. The second-order valence-corrected chi connectivity index (χ2v) is 5.85. The molecular formula is C16H31N3. The van der Waals surface area contributed by atoms with Crippen LogP contribution in [0.5, 0.6) is 0 Å². The van der Waals surface area contributed by atoms with Crippen LogP contribution in [0.4, 0.5) is 0 Å². The van der Waals surface area contributed by atoms with Crippen LogP contribution in [0.2, 0.25) is 0 Å². The molecule has 3 unspecified atom stereocenters. The summed E-state index contributed by atoms with van der Waals surface area (Å²) in [6, 6.07) is 0.957. The number of hydrogen-bond acceptors (Lipinski definition) is 2. The molecule has 0 saturated carbocycles. The van der Waals surface area contributed by atoms with Crippen molar-refractivity contribution < 1.29 is 0 Å². The van der Waals surface area contributed by atoms with Crippen molar-refractivity contribution >= 4 is 5.84 Å². The van der Waals surface area contributed by atoms with Gasteiger partial charge in [0.2, 0.25) is 0 Å². The van der Waals surface area contributed by atoms with E-state index in [1.165, 1.54) is 13.0 Å². The zero-order chi connectivity index (χ0) is 14.4. The third-order valence-corrected chi connectivity index (χ3v) is 4.43. The van der Waals surface area contributed by atoms with E-state index < -0.39 is 0 Å². The number of hydrogen-bond donors (Lipinski definition) is 1. The molecule has 0 aromatic heterocycles. The maximum absolute atomic E-state index is 8.40. The van der Waals surface area contributed by atoms with Crippen molar-refractivity contribution in [1.82, 2.24) is 9.80 Å². The van der Waals surface area contributed by atoms with Crippen LogP contribution in [0.15, 0.2) is 12.2 Å². The Bertz CT molecular complexity index is 311. The number of rotatable bonds is 2. The predicted molar refractivity (Wildman–Crippen MR) is 83.8 cm³/mol. The highest BCUT2D eigenvalue weighted by Gasteiger charge is 2.24. The minimum Gasteiger partial charge on any atom is -0.357 e. The van der Waals surface area contributed by atoms with E-state index in [-0.39, 0.29) is 0 Å². The molecule has 1 rings (SSSR count). The second-order valence-electron chi connectivity index (χ2n) is 5.85. The molecule has 0 aromatic rings. The lowest BCUT2D eigenvalue weighted by Gasteiger charge is -2.37. The van der Waals surface area contributed by atoms with E-state index in [0.717, 1.165) is 25.2 Å². The van der Waals surface area contributed by atoms with Crippen LogP contribution in [0.25, 0.3) is 0 Å². The van der Waals surface area contributed by atoms with Crippen molar-refractivity contribution in [2.45, 2.75) is 59.0 Å². The molecule has 0 bridgehead atoms. The summed E-state index contributed by atoms with van der Waals surface area (Å²) in [4.78, 5) is 4.72. The molecule has 0 aromatic carbocycles. The van der Waals surface area contributed by atoms with Crippen molar-refractivity contribution in [3.8, 4) is 0 Å². The molecule has 0 amide bonds.